The van der Waals surface area contributed by atoms with Gasteiger partial charge in [0.15, 0.2) is 0 Å². The zero-order valence-electron chi connectivity index (χ0n) is 12.9. The molecule has 0 aromatic carbocycles. The number of nitrogens with zero attached hydrogens (tertiary/aromatic N) is 4. The van der Waals surface area contributed by atoms with Crippen molar-refractivity contribution in [2.45, 2.75) is 26.8 Å². The second-order valence-electron chi connectivity index (χ2n) is 5.86. The molecule has 7 heteroatoms. The second kappa shape index (κ2) is 6.29. The number of anilines is 1. The van der Waals surface area contributed by atoms with Crippen molar-refractivity contribution in [2.75, 3.05) is 38.2 Å². The van der Waals surface area contributed by atoms with E-state index in [0.29, 0.717) is 12.0 Å². The fourth-order valence-corrected chi connectivity index (χ4v) is 3.60. The summed E-state index contributed by atoms with van der Waals surface area (Å²) in [6.45, 7) is 11.2. The van der Waals surface area contributed by atoms with Gasteiger partial charge in [0.05, 0.1) is 25.1 Å². The van der Waals surface area contributed by atoms with E-state index in [1.807, 2.05) is 17.6 Å². The molecule has 6 nitrogen and oxygen atoms in total. The summed E-state index contributed by atoms with van der Waals surface area (Å²) >= 11 is 1.60. The number of aryl methyl sites for hydroxylation is 1. The van der Waals surface area contributed by atoms with Crippen molar-refractivity contribution in [2.24, 2.45) is 5.92 Å². The lowest BCUT2D eigenvalue weighted by Crippen LogP contribution is -2.49. The van der Waals surface area contributed by atoms with Crippen LogP contribution in [-0.4, -0.2) is 58.4 Å². The second-order valence-corrected chi connectivity index (χ2v) is 6.81. The molecule has 2 aromatic rings. The van der Waals surface area contributed by atoms with E-state index in [0.717, 1.165) is 48.6 Å². The fraction of sp³-hybridized carbons (Fsp3) is 0.714. The summed E-state index contributed by atoms with van der Waals surface area (Å²) in [5, 5.41) is 8.95. The van der Waals surface area contributed by atoms with Gasteiger partial charge in [0.2, 0.25) is 10.1 Å². The van der Waals surface area contributed by atoms with Crippen LogP contribution < -0.4 is 5.32 Å². The van der Waals surface area contributed by atoms with E-state index >= 15 is 0 Å². The maximum absolute atomic E-state index is 5.45. The number of morpholine rings is 1. The zero-order valence-corrected chi connectivity index (χ0v) is 13.7. The molecule has 21 heavy (non-hydrogen) atoms. The van der Waals surface area contributed by atoms with Crippen LogP contribution in [0.1, 0.15) is 19.5 Å². The highest BCUT2D eigenvalue weighted by Crippen LogP contribution is 2.20. The lowest BCUT2D eigenvalue weighted by atomic mass is 10.0. The molecule has 3 heterocycles. The number of hydrogen-bond donors (Lipinski definition) is 1. The van der Waals surface area contributed by atoms with E-state index < -0.39 is 0 Å². The maximum Gasteiger partial charge on any atom is 0.214 e. The van der Waals surface area contributed by atoms with Crippen LogP contribution in [0.15, 0.2) is 6.20 Å². The molecule has 1 unspecified atom stereocenters. The van der Waals surface area contributed by atoms with Crippen molar-refractivity contribution in [1.82, 2.24) is 19.5 Å². The van der Waals surface area contributed by atoms with E-state index in [2.05, 4.69) is 34.1 Å². The van der Waals surface area contributed by atoms with E-state index in [1.165, 1.54) is 0 Å². The third-order valence-corrected chi connectivity index (χ3v) is 4.79. The van der Waals surface area contributed by atoms with Gasteiger partial charge in [-0.2, -0.15) is 0 Å². The van der Waals surface area contributed by atoms with Crippen molar-refractivity contribution in [3.63, 3.8) is 0 Å². The number of fused-ring (bicyclic) bond motifs is 1. The van der Waals surface area contributed by atoms with Crippen LogP contribution in [0.2, 0.25) is 0 Å². The van der Waals surface area contributed by atoms with Gasteiger partial charge in [-0.3, -0.25) is 4.90 Å². The summed E-state index contributed by atoms with van der Waals surface area (Å²) in [7, 11) is 0. The summed E-state index contributed by atoms with van der Waals surface area (Å²) < 4.78 is 7.30. The Morgan fingerprint density at radius 1 is 1.38 bits per heavy atom. The van der Waals surface area contributed by atoms with Gasteiger partial charge in [-0.25, -0.2) is 9.50 Å². The Morgan fingerprint density at radius 2 is 2.14 bits per heavy atom. The standard InChI is InChI=1S/C14H23N5OS/c1-10(2)12(18-4-6-20-7-5-18)8-15-13-17-19-9-11(3)16-14(19)21-13/h9-10,12H,4-8H2,1-3H3,(H,15,17). The molecule has 116 valence electrons. The third-order valence-electron chi connectivity index (χ3n) is 3.91. The van der Waals surface area contributed by atoms with E-state index in [-0.39, 0.29) is 0 Å². The van der Waals surface area contributed by atoms with Crippen LogP contribution in [0.25, 0.3) is 4.96 Å². The summed E-state index contributed by atoms with van der Waals surface area (Å²) in [5.74, 6) is 0.599. The topological polar surface area (TPSA) is 54.7 Å². The molecule has 0 amide bonds. The number of nitrogens with one attached hydrogen (secondary N) is 1. The van der Waals surface area contributed by atoms with Gasteiger partial charge in [0, 0.05) is 25.7 Å². The molecule has 1 atom stereocenters. The molecule has 0 aliphatic carbocycles. The number of aromatic nitrogens is 3. The average Bonchev–Trinajstić information content (AvgIpc) is 2.96. The van der Waals surface area contributed by atoms with Crippen LogP contribution in [0.3, 0.4) is 0 Å². The first-order valence-corrected chi connectivity index (χ1v) is 8.33. The Hall–Kier alpha value is -1.18. The van der Waals surface area contributed by atoms with Crippen molar-refractivity contribution in [3.8, 4) is 0 Å². The monoisotopic (exact) mass is 309 g/mol. The summed E-state index contributed by atoms with van der Waals surface area (Å²) in [6, 6.07) is 0.506. The minimum absolute atomic E-state index is 0.506. The Bertz CT molecular complexity index is 556. The SMILES string of the molecule is Cc1cn2nc(NCC(C(C)C)N3CCOCC3)sc2n1. The fourth-order valence-electron chi connectivity index (χ4n) is 2.77. The van der Waals surface area contributed by atoms with Crippen LogP contribution in [0.4, 0.5) is 5.13 Å². The van der Waals surface area contributed by atoms with Crippen molar-refractivity contribution < 1.29 is 4.74 Å². The molecule has 3 rings (SSSR count). The molecule has 0 bridgehead atoms. The average molecular weight is 309 g/mol. The highest BCUT2D eigenvalue weighted by Gasteiger charge is 2.24. The van der Waals surface area contributed by atoms with E-state index in [4.69, 9.17) is 4.74 Å². The van der Waals surface area contributed by atoms with Crippen molar-refractivity contribution >= 4 is 21.4 Å². The van der Waals surface area contributed by atoms with Crippen molar-refractivity contribution in [3.05, 3.63) is 11.9 Å². The lowest BCUT2D eigenvalue weighted by molar-refractivity contribution is 0.00954. The normalized spacial score (nSPS) is 18.5. The minimum atomic E-state index is 0.506. The maximum atomic E-state index is 5.45. The van der Waals surface area contributed by atoms with Gasteiger partial charge < -0.3 is 10.1 Å². The Morgan fingerprint density at radius 3 is 2.81 bits per heavy atom. The molecule has 1 aliphatic rings. The molecule has 1 fully saturated rings. The van der Waals surface area contributed by atoms with Crippen LogP contribution in [0.5, 0.6) is 0 Å². The molecule has 2 aromatic heterocycles. The molecule has 1 N–H and O–H groups in total. The molecule has 1 saturated heterocycles. The van der Waals surface area contributed by atoms with Crippen molar-refractivity contribution in [1.29, 1.82) is 0 Å². The molecule has 1 aliphatic heterocycles. The van der Waals surface area contributed by atoms with Crippen LogP contribution in [0, 0.1) is 12.8 Å². The first-order chi connectivity index (χ1) is 10.1. The third kappa shape index (κ3) is 3.36. The lowest BCUT2D eigenvalue weighted by Gasteiger charge is -2.36. The van der Waals surface area contributed by atoms with E-state index in [1.54, 1.807) is 11.3 Å². The Kier molecular flexibility index (Phi) is 4.42. The largest absolute Gasteiger partial charge is 0.379 e. The van der Waals surface area contributed by atoms with Gasteiger partial charge in [0.1, 0.15) is 0 Å². The summed E-state index contributed by atoms with van der Waals surface area (Å²) in [4.78, 5) is 7.90. The molecular weight excluding hydrogens is 286 g/mol. The number of hydrogen-bond acceptors (Lipinski definition) is 6. The number of imidazole rings is 1. The smallest absolute Gasteiger partial charge is 0.214 e. The number of rotatable bonds is 5. The van der Waals surface area contributed by atoms with Gasteiger partial charge in [-0.05, 0) is 12.8 Å². The molecule has 0 spiro atoms. The summed E-state index contributed by atoms with van der Waals surface area (Å²) in [6.07, 6.45) is 1.96. The highest BCUT2D eigenvalue weighted by molar-refractivity contribution is 7.20. The predicted molar refractivity (Wildman–Crippen MR) is 85.1 cm³/mol. The number of ether oxygens (including phenoxy) is 1. The summed E-state index contributed by atoms with van der Waals surface area (Å²) in [5.41, 5.74) is 1.01. The first kappa shape index (κ1) is 14.7. The Labute approximate surface area is 129 Å². The zero-order chi connectivity index (χ0) is 14.8. The van der Waals surface area contributed by atoms with Gasteiger partial charge in [0.25, 0.3) is 0 Å². The minimum Gasteiger partial charge on any atom is -0.379 e. The van der Waals surface area contributed by atoms with Gasteiger partial charge in [-0.15, -0.1) is 5.10 Å². The highest BCUT2D eigenvalue weighted by atomic mass is 32.1. The molecule has 0 radical (unpaired) electrons. The van der Waals surface area contributed by atoms with Gasteiger partial charge in [-0.1, -0.05) is 25.2 Å². The predicted octanol–water partition coefficient (Wildman–Crippen LogP) is 1.87. The quantitative estimate of drug-likeness (QED) is 0.914. The Balaban J connectivity index is 1.63. The molecular formula is C14H23N5OS. The van der Waals surface area contributed by atoms with E-state index in [9.17, 15) is 0 Å². The van der Waals surface area contributed by atoms with Gasteiger partial charge >= 0.3 is 0 Å². The van der Waals surface area contributed by atoms with Crippen LogP contribution >= 0.6 is 11.3 Å². The molecule has 0 saturated carbocycles. The first-order valence-electron chi connectivity index (χ1n) is 7.52. The van der Waals surface area contributed by atoms with Crippen LogP contribution in [-0.2, 0) is 4.74 Å².